The Morgan fingerprint density at radius 2 is 2.00 bits per heavy atom. The van der Waals surface area contributed by atoms with Crippen LogP contribution in [0.2, 0.25) is 0 Å². The van der Waals surface area contributed by atoms with Crippen LogP contribution in [0.5, 0.6) is 0 Å². The second-order valence-electron chi connectivity index (χ2n) is 2.95. The van der Waals surface area contributed by atoms with E-state index in [1.54, 1.807) is 0 Å². The summed E-state index contributed by atoms with van der Waals surface area (Å²) in [6.07, 6.45) is 0. The monoisotopic (exact) mass is 274 g/mol. The fraction of sp³-hybridized carbons (Fsp3) is 0.286. The third kappa shape index (κ3) is 1.67. The van der Waals surface area contributed by atoms with Crippen LogP contribution < -0.4 is 21.9 Å². The van der Waals surface area contributed by atoms with Crippen LogP contribution in [-0.2, 0) is 6.54 Å². The van der Waals surface area contributed by atoms with Crippen LogP contribution in [0.1, 0.15) is 0 Å². The number of nitrogens with one attached hydrogen (secondary N) is 3. The first-order chi connectivity index (χ1) is 7.09. The fourth-order valence-corrected chi connectivity index (χ4v) is 1.73. The number of fused-ring (bicyclic) bond motifs is 1. The van der Waals surface area contributed by atoms with E-state index < -0.39 is 17.3 Å². The first-order valence-corrected chi connectivity index (χ1v) is 4.96. The van der Waals surface area contributed by atoms with Gasteiger partial charge >= 0.3 is 11.7 Å². The van der Waals surface area contributed by atoms with Crippen molar-refractivity contribution >= 4 is 27.8 Å². The molecule has 1 aromatic heterocycles. The van der Waals surface area contributed by atoms with Gasteiger partial charge in [0.2, 0.25) is 0 Å². The van der Waals surface area contributed by atoms with Crippen molar-refractivity contribution < 1.29 is 4.79 Å². The standard InChI is InChI=1S/C7H7BrN4O3/c8-3-4-10-6(14)9-1-2-12(4)7(15)11-5(3)13/h1-2H2,(H2,9,10,14)(H,11,13,15). The van der Waals surface area contributed by atoms with Gasteiger partial charge in [0.1, 0.15) is 10.3 Å². The molecule has 0 bridgehead atoms. The normalized spacial score (nSPS) is 14.9. The summed E-state index contributed by atoms with van der Waals surface area (Å²) < 4.78 is 1.42. The lowest BCUT2D eigenvalue weighted by Gasteiger charge is -2.08. The van der Waals surface area contributed by atoms with Crippen LogP contribution in [0.3, 0.4) is 0 Å². The molecular formula is C7H7BrN4O3. The number of aromatic nitrogens is 2. The van der Waals surface area contributed by atoms with Crippen molar-refractivity contribution in [2.75, 3.05) is 11.9 Å². The van der Waals surface area contributed by atoms with Crippen LogP contribution in [0.15, 0.2) is 14.1 Å². The number of nitrogens with zero attached hydrogens (tertiary/aromatic N) is 1. The van der Waals surface area contributed by atoms with Gasteiger partial charge in [-0.2, -0.15) is 0 Å². The van der Waals surface area contributed by atoms with Crippen molar-refractivity contribution in [1.82, 2.24) is 14.9 Å². The zero-order valence-electron chi connectivity index (χ0n) is 7.46. The van der Waals surface area contributed by atoms with E-state index in [-0.39, 0.29) is 10.3 Å². The quantitative estimate of drug-likeness (QED) is 0.591. The van der Waals surface area contributed by atoms with Gasteiger partial charge < -0.3 is 5.32 Å². The molecule has 0 fully saturated rings. The fourth-order valence-electron chi connectivity index (χ4n) is 1.32. The van der Waals surface area contributed by atoms with Gasteiger partial charge in [0.15, 0.2) is 0 Å². The van der Waals surface area contributed by atoms with Crippen molar-refractivity contribution in [1.29, 1.82) is 0 Å². The summed E-state index contributed by atoms with van der Waals surface area (Å²) in [5.74, 6) is 0.179. The van der Waals surface area contributed by atoms with Gasteiger partial charge in [0, 0.05) is 13.1 Å². The molecule has 1 aromatic rings. The molecule has 0 aromatic carbocycles. The minimum atomic E-state index is -0.562. The lowest BCUT2D eigenvalue weighted by molar-refractivity contribution is 0.252. The van der Waals surface area contributed by atoms with Crippen LogP contribution >= 0.6 is 15.9 Å². The summed E-state index contributed by atoms with van der Waals surface area (Å²) in [6.45, 7) is 0.638. The van der Waals surface area contributed by atoms with Gasteiger partial charge in [-0.15, -0.1) is 0 Å². The van der Waals surface area contributed by atoms with Gasteiger partial charge in [0.05, 0.1) is 0 Å². The van der Waals surface area contributed by atoms with E-state index in [1.165, 1.54) is 4.57 Å². The molecule has 80 valence electrons. The second kappa shape index (κ2) is 3.54. The smallest absolute Gasteiger partial charge is 0.330 e. The van der Waals surface area contributed by atoms with E-state index in [4.69, 9.17) is 0 Å². The molecular weight excluding hydrogens is 268 g/mol. The van der Waals surface area contributed by atoms with Gasteiger partial charge in [-0.25, -0.2) is 9.59 Å². The van der Waals surface area contributed by atoms with Crippen molar-refractivity contribution in [2.45, 2.75) is 6.54 Å². The highest BCUT2D eigenvalue weighted by atomic mass is 79.9. The van der Waals surface area contributed by atoms with Crippen LogP contribution in [0.25, 0.3) is 0 Å². The zero-order valence-corrected chi connectivity index (χ0v) is 9.05. The average molecular weight is 275 g/mol. The number of hydrogen-bond donors (Lipinski definition) is 3. The summed E-state index contributed by atoms with van der Waals surface area (Å²) in [7, 11) is 0. The Bertz CT molecular complexity index is 532. The minimum Gasteiger partial charge on any atom is -0.336 e. The number of H-pyrrole nitrogens is 1. The molecule has 8 heteroatoms. The Hall–Kier alpha value is -1.57. The van der Waals surface area contributed by atoms with Crippen molar-refractivity contribution in [2.24, 2.45) is 0 Å². The zero-order chi connectivity index (χ0) is 11.0. The molecule has 0 saturated heterocycles. The number of halogens is 1. The number of urea groups is 1. The number of aromatic amines is 1. The van der Waals surface area contributed by atoms with E-state index in [2.05, 4.69) is 31.5 Å². The number of hydrogen-bond acceptors (Lipinski definition) is 3. The summed E-state index contributed by atoms with van der Waals surface area (Å²) in [5.41, 5.74) is -1.10. The summed E-state index contributed by atoms with van der Waals surface area (Å²) >= 11 is 3.02. The van der Waals surface area contributed by atoms with Crippen LogP contribution in [-0.4, -0.2) is 22.1 Å². The first kappa shape index (κ1) is 9.97. The largest absolute Gasteiger partial charge is 0.336 e. The van der Waals surface area contributed by atoms with Crippen molar-refractivity contribution in [3.63, 3.8) is 0 Å². The second-order valence-corrected chi connectivity index (χ2v) is 3.75. The summed E-state index contributed by atoms with van der Waals surface area (Å²) in [6, 6.07) is -0.438. The highest BCUT2D eigenvalue weighted by Gasteiger charge is 2.17. The Morgan fingerprint density at radius 3 is 2.73 bits per heavy atom. The molecule has 0 radical (unpaired) electrons. The lowest BCUT2D eigenvalue weighted by atomic mass is 10.5. The molecule has 0 atom stereocenters. The predicted octanol–water partition coefficient (Wildman–Crippen LogP) is -0.566. The van der Waals surface area contributed by atoms with Crippen molar-refractivity contribution in [3.8, 4) is 0 Å². The van der Waals surface area contributed by atoms with Gasteiger partial charge in [-0.05, 0) is 15.9 Å². The number of carbonyl (C=O) groups excluding carboxylic acids is 1. The highest BCUT2D eigenvalue weighted by Crippen LogP contribution is 2.16. The topological polar surface area (TPSA) is 96.0 Å². The van der Waals surface area contributed by atoms with E-state index in [9.17, 15) is 14.4 Å². The molecule has 0 aliphatic carbocycles. The molecule has 15 heavy (non-hydrogen) atoms. The van der Waals surface area contributed by atoms with Crippen molar-refractivity contribution in [3.05, 3.63) is 25.3 Å². The Morgan fingerprint density at radius 1 is 1.27 bits per heavy atom. The van der Waals surface area contributed by atoms with Crippen LogP contribution in [0, 0.1) is 0 Å². The molecule has 1 aliphatic heterocycles. The Kier molecular flexibility index (Phi) is 2.35. The third-order valence-electron chi connectivity index (χ3n) is 2.00. The maximum atomic E-state index is 11.4. The molecule has 0 spiro atoms. The highest BCUT2D eigenvalue weighted by molar-refractivity contribution is 9.10. The molecule has 0 unspecified atom stereocenters. The minimum absolute atomic E-state index is 0.138. The number of rotatable bonds is 0. The van der Waals surface area contributed by atoms with E-state index in [1.807, 2.05) is 0 Å². The number of carbonyl (C=O) groups is 1. The summed E-state index contributed by atoms with van der Waals surface area (Å²) in [5, 5.41) is 4.94. The maximum absolute atomic E-state index is 11.4. The molecule has 2 amide bonds. The molecule has 7 nitrogen and oxygen atoms in total. The van der Waals surface area contributed by atoms with E-state index >= 15 is 0 Å². The average Bonchev–Trinajstić information content (AvgIpc) is 2.37. The SMILES string of the molecule is O=C1NCCn2c(c(Br)c(=O)[nH]c2=O)N1. The molecule has 3 N–H and O–H groups in total. The van der Waals surface area contributed by atoms with E-state index in [0.29, 0.717) is 13.1 Å². The number of amides is 2. The summed E-state index contributed by atoms with van der Waals surface area (Å²) in [4.78, 5) is 35.9. The molecule has 2 rings (SSSR count). The van der Waals surface area contributed by atoms with Gasteiger partial charge in [-0.3, -0.25) is 19.7 Å². The molecule has 1 aliphatic rings. The lowest BCUT2D eigenvalue weighted by Crippen LogP contribution is -2.32. The molecule has 2 heterocycles. The third-order valence-corrected chi connectivity index (χ3v) is 2.73. The molecule has 0 saturated carbocycles. The van der Waals surface area contributed by atoms with Gasteiger partial charge in [-0.1, -0.05) is 0 Å². The maximum Gasteiger partial charge on any atom is 0.330 e. The Labute approximate surface area is 91.6 Å². The van der Waals surface area contributed by atoms with E-state index in [0.717, 1.165) is 0 Å². The van der Waals surface area contributed by atoms with Crippen LogP contribution in [0.4, 0.5) is 10.6 Å². The van der Waals surface area contributed by atoms with Gasteiger partial charge in [0.25, 0.3) is 5.56 Å². The first-order valence-electron chi connectivity index (χ1n) is 4.17. The number of anilines is 1. The predicted molar refractivity (Wildman–Crippen MR) is 56.0 cm³/mol. The Balaban J connectivity index is 2.71.